The maximum atomic E-state index is 6.62. The highest BCUT2D eigenvalue weighted by molar-refractivity contribution is 6.69. The molecule has 4 aliphatic carbocycles. The molecule has 1 nitrogen and oxygen atoms in total. The molecule has 4 fully saturated rings. The Morgan fingerprint density at radius 2 is 1.50 bits per heavy atom. The predicted octanol–water partition coefficient (Wildman–Crippen LogP) is 9.33. The van der Waals surface area contributed by atoms with E-state index in [4.69, 9.17) is 4.43 Å². The lowest BCUT2D eigenvalue weighted by molar-refractivity contribution is -0.127. The number of fused-ring (bicyclic) bond motifs is 5. The molecule has 0 amide bonds. The summed E-state index contributed by atoms with van der Waals surface area (Å²) in [4.78, 5) is 0. The van der Waals surface area contributed by atoms with Gasteiger partial charge in [-0.2, -0.15) is 0 Å². The first-order valence-electron chi connectivity index (χ1n) is 14.6. The van der Waals surface area contributed by atoms with Crippen LogP contribution < -0.4 is 0 Å². The molecule has 186 valence electrons. The molecular weight excluding hydrogens is 404 g/mol. The quantitative estimate of drug-likeness (QED) is 0.344. The molecule has 4 aliphatic rings. The average molecular weight is 461 g/mol. The van der Waals surface area contributed by atoms with Crippen molar-refractivity contribution >= 4 is 8.32 Å². The van der Waals surface area contributed by atoms with Crippen molar-refractivity contribution in [2.75, 3.05) is 0 Å². The van der Waals surface area contributed by atoms with Crippen molar-refractivity contribution < 1.29 is 4.43 Å². The van der Waals surface area contributed by atoms with E-state index in [-0.39, 0.29) is 0 Å². The Kier molecular flexibility index (Phi) is 7.37. The topological polar surface area (TPSA) is 9.23 Å². The fourth-order valence-corrected chi connectivity index (χ4v) is 11.1. The van der Waals surface area contributed by atoms with Crippen LogP contribution in [0.3, 0.4) is 0 Å². The molecule has 9 atom stereocenters. The smallest absolute Gasteiger partial charge is 0.184 e. The van der Waals surface area contributed by atoms with Crippen molar-refractivity contribution in [1.82, 2.24) is 0 Å². The molecule has 0 aromatic heterocycles. The standard InChI is InChI=1S/C30H56OSi/c1-21(2)10-9-11-22(3)26-14-15-27-25-13-12-23-20-24(31-32(6,7)8)16-18-29(23,4)28(25)17-19-30(26,27)5/h21-28H,9-20H2,1-8H3. The summed E-state index contributed by atoms with van der Waals surface area (Å²) in [5.41, 5.74) is 1.24. The molecule has 0 aromatic rings. The normalized spacial score (nSPS) is 45.3. The first-order chi connectivity index (χ1) is 14.9. The largest absolute Gasteiger partial charge is 0.415 e. The summed E-state index contributed by atoms with van der Waals surface area (Å²) in [7, 11) is -1.42. The van der Waals surface area contributed by atoms with Gasteiger partial charge < -0.3 is 4.43 Å². The minimum absolute atomic E-state index is 0.563. The molecular formula is C30H56OSi. The van der Waals surface area contributed by atoms with E-state index < -0.39 is 8.32 Å². The van der Waals surface area contributed by atoms with Crippen molar-refractivity contribution in [3.05, 3.63) is 0 Å². The Bertz CT molecular complexity index is 637. The molecule has 0 aromatic carbocycles. The van der Waals surface area contributed by atoms with Crippen LogP contribution in [0.5, 0.6) is 0 Å². The lowest BCUT2D eigenvalue weighted by Gasteiger charge is -2.61. The Morgan fingerprint density at radius 3 is 2.19 bits per heavy atom. The van der Waals surface area contributed by atoms with Crippen molar-refractivity contribution in [2.24, 2.45) is 52.3 Å². The highest BCUT2D eigenvalue weighted by atomic mass is 28.4. The van der Waals surface area contributed by atoms with Crippen LogP contribution in [0.15, 0.2) is 0 Å². The van der Waals surface area contributed by atoms with E-state index in [9.17, 15) is 0 Å². The first kappa shape index (κ1) is 25.3. The monoisotopic (exact) mass is 460 g/mol. The Balaban J connectivity index is 1.42. The second-order valence-corrected chi connectivity index (χ2v) is 19.3. The van der Waals surface area contributed by atoms with Crippen molar-refractivity contribution in [1.29, 1.82) is 0 Å². The summed E-state index contributed by atoms with van der Waals surface area (Å²) in [5, 5.41) is 0. The molecule has 32 heavy (non-hydrogen) atoms. The maximum absolute atomic E-state index is 6.62. The zero-order valence-electron chi connectivity index (χ0n) is 23.0. The summed E-state index contributed by atoms with van der Waals surface area (Å²) in [6, 6.07) is 0. The fourth-order valence-electron chi connectivity index (χ4n) is 9.85. The Morgan fingerprint density at radius 1 is 0.812 bits per heavy atom. The summed E-state index contributed by atoms with van der Waals surface area (Å²) in [5.74, 6) is 6.77. The van der Waals surface area contributed by atoms with E-state index >= 15 is 0 Å². The van der Waals surface area contributed by atoms with Crippen LogP contribution in [0.25, 0.3) is 0 Å². The van der Waals surface area contributed by atoms with Gasteiger partial charge in [0.1, 0.15) is 0 Å². The summed E-state index contributed by atoms with van der Waals surface area (Å²) < 4.78 is 6.62. The van der Waals surface area contributed by atoms with Crippen LogP contribution >= 0.6 is 0 Å². The van der Waals surface area contributed by atoms with E-state index in [1.807, 2.05) is 0 Å². The van der Waals surface area contributed by atoms with Crippen LogP contribution in [0.4, 0.5) is 0 Å². The molecule has 4 saturated carbocycles. The van der Waals surface area contributed by atoms with E-state index in [2.05, 4.69) is 54.3 Å². The summed E-state index contributed by atoms with van der Waals surface area (Å²) in [6.45, 7) is 20.0. The summed E-state index contributed by atoms with van der Waals surface area (Å²) >= 11 is 0. The molecule has 4 rings (SSSR count). The average Bonchev–Trinajstić information content (AvgIpc) is 3.04. The fraction of sp³-hybridized carbons (Fsp3) is 1.00. The van der Waals surface area contributed by atoms with Gasteiger partial charge in [0, 0.05) is 6.10 Å². The van der Waals surface area contributed by atoms with E-state index in [1.54, 1.807) is 6.42 Å². The van der Waals surface area contributed by atoms with Gasteiger partial charge in [0.25, 0.3) is 0 Å². The number of hydrogen-bond donors (Lipinski definition) is 0. The molecule has 0 aliphatic heterocycles. The second kappa shape index (κ2) is 9.33. The van der Waals surface area contributed by atoms with Crippen LogP contribution in [-0.4, -0.2) is 14.4 Å². The number of hydrogen-bond acceptors (Lipinski definition) is 1. The molecule has 0 radical (unpaired) electrons. The highest BCUT2D eigenvalue weighted by Crippen LogP contribution is 2.68. The summed E-state index contributed by atoms with van der Waals surface area (Å²) in [6.07, 6.45) is 18.2. The van der Waals surface area contributed by atoms with Gasteiger partial charge in [0.15, 0.2) is 8.32 Å². The Hall–Kier alpha value is 0.177. The third-order valence-corrected chi connectivity index (χ3v) is 12.4. The molecule has 0 bridgehead atoms. The van der Waals surface area contributed by atoms with Gasteiger partial charge in [-0.25, -0.2) is 0 Å². The predicted molar refractivity (Wildman–Crippen MR) is 141 cm³/mol. The zero-order chi connectivity index (χ0) is 23.3. The third-order valence-electron chi connectivity index (χ3n) is 11.3. The SMILES string of the molecule is CC(C)CCCC(C)C1CCC2C3CCC4CC(O[Si](C)(C)C)CCC4(C)C3CCC12C. The van der Waals surface area contributed by atoms with Gasteiger partial charge in [-0.1, -0.05) is 53.9 Å². The van der Waals surface area contributed by atoms with E-state index in [0.29, 0.717) is 16.9 Å². The third kappa shape index (κ3) is 4.80. The molecule has 9 unspecified atom stereocenters. The van der Waals surface area contributed by atoms with Crippen molar-refractivity contribution in [3.8, 4) is 0 Å². The lowest BCUT2D eigenvalue weighted by atomic mass is 9.44. The first-order valence-corrected chi connectivity index (χ1v) is 18.0. The van der Waals surface area contributed by atoms with Gasteiger partial charge in [-0.15, -0.1) is 0 Å². The molecule has 0 saturated heterocycles. The van der Waals surface area contributed by atoms with Gasteiger partial charge in [-0.05, 0) is 130 Å². The van der Waals surface area contributed by atoms with Crippen LogP contribution in [-0.2, 0) is 4.43 Å². The van der Waals surface area contributed by atoms with Crippen LogP contribution in [0.2, 0.25) is 19.6 Å². The van der Waals surface area contributed by atoms with Gasteiger partial charge in [0.2, 0.25) is 0 Å². The second-order valence-electron chi connectivity index (χ2n) is 14.8. The lowest BCUT2D eigenvalue weighted by Crippen LogP contribution is -2.54. The maximum Gasteiger partial charge on any atom is 0.184 e. The Labute approximate surface area is 202 Å². The van der Waals surface area contributed by atoms with Gasteiger partial charge >= 0.3 is 0 Å². The molecule has 2 heteroatoms. The van der Waals surface area contributed by atoms with Gasteiger partial charge in [0.05, 0.1) is 0 Å². The molecule has 0 N–H and O–H groups in total. The number of rotatable bonds is 7. The molecule has 0 heterocycles. The van der Waals surface area contributed by atoms with Crippen LogP contribution in [0.1, 0.15) is 112 Å². The van der Waals surface area contributed by atoms with Crippen molar-refractivity contribution in [2.45, 2.75) is 137 Å². The van der Waals surface area contributed by atoms with E-state index in [0.717, 1.165) is 41.4 Å². The minimum atomic E-state index is -1.42. The minimum Gasteiger partial charge on any atom is -0.415 e. The van der Waals surface area contributed by atoms with Crippen molar-refractivity contribution in [3.63, 3.8) is 0 Å². The van der Waals surface area contributed by atoms with Gasteiger partial charge in [-0.3, -0.25) is 0 Å². The zero-order valence-corrected chi connectivity index (χ0v) is 24.0. The highest BCUT2D eigenvalue weighted by Gasteiger charge is 2.60. The van der Waals surface area contributed by atoms with E-state index in [1.165, 1.54) is 70.6 Å². The molecule has 0 spiro atoms. The van der Waals surface area contributed by atoms with Crippen LogP contribution in [0, 0.1) is 52.3 Å².